The predicted octanol–water partition coefficient (Wildman–Crippen LogP) is 0.242. The summed E-state index contributed by atoms with van der Waals surface area (Å²) in [6.07, 6.45) is 3.68. The highest BCUT2D eigenvalue weighted by molar-refractivity contribution is 7.03. The summed E-state index contributed by atoms with van der Waals surface area (Å²) in [6, 6.07) is 0. The second-order valence-corrected chi connectivity index (χ2v) is 3.26. The van der Waals surface area contributed by atoms with Gasteiger partial charge in [-0.1, -0.05) is 4.49 Å². The molecule has 13 heavy (non-hydrogen) atoms. The van der Waals surface area contributed by atoms with Gasteiger partial charge in [-0.05, 0) is 11.5 Å². The van der Waals surface area contributed by atoms with E-state index in [-0.39, 0.29) is 0 Å². The molecule has 68 valence electrons. The maximum absolute atomic E-state index is 5.46. The molecular formula is C7H9N5S. The van der Waals surface area contributed by atoms with Gasteiger partial charge >= 0.3 is 0 Å². The summed E-state index contributed by atoms with van der Waals surface area (Å²) >= 11 is 1.34. The summed E-state index contributed by atoms with van der Waals surface area (Å²) in [6.45, 7) is 1.19. The Kier molecular flexibility index (Phi) is 2.33. The van der Waals surface area contributed by atoms with E-state index in [2.05, 4.69) is 14.7 Å². The fourth-order valence-corrected chi connectivity index (χ4v) is 1.46. The van der Waals surface area contributed by atoms with Crippen LogP contribution in [0.25, 0.3) is 0 Å². The molecule has 5 nitrogen and oxygen atoms in total. The van der Waals surface area contributed by atoms with Crippen molar-refractivity contribution in [2.45, 2.75) is 13.1 Å². The minimum absolute atomic E-state index is 0.523. The van der Waals surface area contributed by atoms with Gasteiger partial charge in [0, 0.05) is 23.7 Å². The Morgan fingerprint density at radius 3 is 3.08 bits per heavy atom. The molecule has 2 aromatic rings. The van der Waals surface area contributed by atoms with Crippen LogP contribution in [0.1, 0.15) is 11.3 Å². The van der Waals surface area contributed by atoms with Crippen LogP contribution in [0, 0.1) is 0 Å². The van der Waals surface area contributed by atoms with Crippen molar-refractivity contribution in [1.29, 1.82) is 0 Å². The monoisotopic (exact) mass is 195 g/mol. The largest absolute Gasteiger partial charge is 0.326 e. The Labute approximate surface area is 79.4 Å². The molecule has 2 heterocycles. The lowest BCUT2D eigenvalue weighted by Gasteiger charge is -1.94. The molecular weight excluding hydrogens is 186 g/mol. The summed E-state index contributed by atoms with van der Waals surface area (Å²) in [5.74, 6) is 0. The molecule has 0 saturated carbocycles. The van der Waals surface area contributed by atoms with Crippen LogP contribution in [-0.4, -0.2) is 19.4 Å². The second-order valence-electron chi connectivity index (χ2n) is 2.65. The van der Waals surface area contributed by atoms with Crippen LogP contribution in [0.15, 0.2) is 17.8 Å². The van der Waals surface area contributed by atoms with E-state index >= 15 is 0 Å². The Morgan fingerprint density at radius 2 is 2.46 bits per heavy atom. The van der Waals surface area contributed by atoms with Crippen molar-refractivity contribution in [1.82, 2.24) is 19.4 Å². The van der Waals surface area contributed by atoms with Crippen molar-refractivity contribution in [2.75, 3.05) is 0 Å². The first kappa shape index (κ1) is 8.33. The molecule has 0 aliphatic heterocycles. The highest BCUT2D eigenvalue weighted by atomic mass is 32.1. The zero-order valence-electron chi connectivity index (χ0n) is 6.92. The van der Waals surface area contributed by atoms with Gasteiger partial charge in [0.2, 0.25) is 0 Å². The number of nitrogens with zero attached hydrogens (tertiary/aromatic N) is 4. The SMILES string of the molecule is NCc1cnn(Cc2csnn2)c1. The van der Waals surface area contributed by atoms with E-state index in [9.17, 15) is 0 Å². The molecule has 0 spiro atoms. The van der Waals surface area contributed by atoms with Gasteiger partial charge in [-0.25, -0.2) is 0 Å². The van der Waals surface area contributed by atoms with Crippen molar-refractivity contribution in [3.8, 4) is 0 Å². The van der Waals surface area contributed by atoms with Crippen molar-refractivity contribution in [3.05, 3.63) is 29.0 Å². The van der Waals surface area contributed by atoms with E-state index in [1.165, 1.54) is 11.5 Å². The minimum atomic E-state index is 0.523. The zero-order chi connectivity index (χ0) is 9.10. The molecule has 0 unspecified atom stereocenters. The second kappa shape index (κ2) is 3.63. The van der Waals surface area contributed by atoms with Gasteiger partial charge in [-0.2, -0.15) is 5.10 Å². The first-order chi connectivity index (χ1) is 6.38. The number of rotatable bonds is 3. The quantitative estimate of drug-likeness (QED) is 0.761. The number of aromatic nitrogens is 4. The van der Waals surface area contributed by atoms with Crippen LogP contribution in [0.4, 0.5) is 0 Å². The molecule has 0 aliphatic rings. The lowest BCUT2D eigenvalue weighted by molar-refractivity contribution is 0.670. The summed E-state index contributed by atoms with van der Waals surface area (Å²) in [4.78, 5) is 0. The van der Waals surface area contributed by atoms with E-state index in [0.717, 1.165) is 11.3 Å². The standard InChI is InChI=1S/C7H9N5S/c8-1-6-2-9-12(3-6)4-7-5-13-11-10-7/h2-3,5H,1,4,8H2. The van der Waals surface area contributed by atoms with E-state index < -0.39 is 0 Å². The zero-order valence-corrected chi connectivity index (χ0v) is 7.74. The van der Waals surface area contributed by atoms with Crippen molar-refractivity contribution < 1.29 is 0 Å². The third-order valence-corrected chi connectivity index (χ3v) is 2.20. The van der Waals surface area contributed by atoms with Crippen molar-refractivity contribution in [3.63, 3.8) is 0 Å². The third kappa shape index (κ3) is 1.90. The fourth-order valence-electron chi connectivity index (χ4n) is 1.02. The number of hydrogen-bond donors (Lipinski definition) is 1. The Bertz CT molecular complexity index is 366. The molecule has 0 aliphatic carbocycles. The van der Waals surface area contributed by atoms with Gasteiger partial charge in [0.15, 0.2) is 0 Å². The van der Waals surface area contributed by atoms with Crippen LogP contribution in [-0.2, 0) is 13.1 Å². The summed E-state index contributed by atoms with van der Waals surface area (Å²) in [5.41, 5.74) is 7.42. The molecule has 2 N–H and O–H groups in total. The topological polar surface area (TPSA) is 69.6 Å². The molecule has 0 atom stereocenters. The van der Waals surface area contributed by atoms with Crippen molar-refractivity contribution >= 4 is 11.5 Å². The maximum Gasteiger partial charge on any atom is 0.0970 e. The molecule has 6 heteroatoms. The average Bonchev–Trinajstić information content (AvgIpc) is 2.76. The highest BCUT2D eigenvalue weighted by Crippen LogP contribution is 2.02. The van der Waals surface area contributed by atoms with Gasteiger partial charge in [0.1, 0.15) is 0 Å². The van der Waals surface area contributed by atoms with E-state index in [4.69, 9.17) is 5.73 Å². The first-order valence-electron chi connectivity index (χ1n) is 3.86. The lowest BCUT2D eigenvalue weighted by atomic mass is 10.4. The molecule has 2 rings (SSSR count). The molecule has 0 fully saturated rings. The molecule has 0 amide bonds. The van der Waals surface area contributed by atoms with Crippen molar-refractivity contribution in [2.24, 2.45) is 5.73 Å². The predicted molar refractivity (Wildman–Crippen MR) is 49.1 cm³/mol. The average molecular weight is 195 g/mol. The van der Waals surface area contributed by atoms with Crippen LogP contribution in [0.2, 0.25) is 0 Å². The number of nitrogens with two attached hydrogens (primary N) is 1. The van der Waals surface area contributed by atoms with Crippen LogP contribution >= 0.6 is 11.5 Å². The smallest absolute Gasteiger partial charge is 0.0970 e. The molecule has 0 bridgehead atoms. The van der Waals surface area contributed by atoms with Crippen LogP contribution < -0.4 is 5.73 Å². The number of hydrogen-bond acceptors (Lipinski definition) is 5. The van der Waals surface area contributed by atoms with Gasteiger partial charge in [0.05, 0.1) is 18.4 Å². The van der Waals surface area contributed by atoms with Gasteiger partial charge in [-0.3, -0.25) is 4.68 Å². The molecule has 0 radical (unpaired) electrons. The Morgan fingerprint density at radius 1 is 1.54 bits per heavy atom. The Balaban J connectivity index is 2.10. The van der Waals surface area contributed by atoms with Gasteiger partial charge in [0.25, 0.3) is 0 Å². The third-order valence-electron chi connectivity index (χ3n) is 1.65. The summed E-state index contributed by atoms with van der Waals surface area (Å²) in [5, 5.41) is 9.97. The minimum Gasteiger partial charge on any atom is -0.326 e. The van der Waals surface area contributed by atoms with E-state index in [1.54, 1.807) is 10.9 Å². The van der Waals surface area contributed by atoms with Crippen LogP contribution in [0.5, 0.6) is 0 Å². The summed E-state index contributed by atoms with van der Waals surface area (Å²) < 4.78 is 5.58. The molecule has 0 saturated heterocycles. The molecule has 2 aromatic heterocycles. The normalized spacial score (nSPS) is 10.5. The summed E-state index contributed by atoms with van der Waals surface area (Å²) in [7, 11) is 0. The maximum atomic E-state index is 5.46. The molecule has 0 aromatic carbocycles. The van der Waals surface area contributed by atoms with E-state index in [0.29, 0.717) is 13.1 Å². The lowest BCUT2D eigenvalue weighted by Crippen LogP contribution is -2.00. The fraction of sp³-hybridized carbons (Fsp3) is 0.286. The van der Waals surface area contributed by atoms with Gasteiger partial charge in [-0.15, -0.1) is 5.10 Å². The van der Waals surface area contributed by atoms with Crippen LogP contribution in [0.3, 0.4) is 0 Å². The van der Waals surface area contributed by atoms with Gasteiger partial charge < -0.3 is 5.73 Å². The highest BCUT2D eigenvalue weighted by Gasteiger charge is 1.99. The first-order valence-corrected chi connectivity index (χ1v) is 4.69. The Hall–Kier alpha value is -1.27. The van der Waals surface area contributed by atoms with E-state index in [1.807, 2.05) is 11.6 Å².